The topological polar surface area (TPSA) is 59.7 Å². The number of methoxy groups -OCH3 is 1. The van der Waals surface area contributed by atoms with Gasteiger partial charge in [-0.25, -0.2) is 9.50 Å². The van der Waals surface area contributed by atoms with E-state index < -0.39 is 0 Å². The Kier molecular flexibility index (Phi) is 3.69. The highest BCUT2D eigenvalue weighted by Crippen LogP contribution is 2.21. The van der Waals surface area contributed by atoms with Crippen LogP contribution in [0.25, 0.3) is 5.52 Å². The van der Waals surface area contributed by atoms with Gasteiger partial charge in [-0.1, -0.05) is 13.8 Å². The predicted octanol–water partition coefficient (Wildman–Crippen LogP) is 1.46. The van der Waals surface area contributed by atoms with Gasteiger partial charge in [0.1, 0.15) is 12.1 Å². The minimum Gasteiger partial charge on any atom is -0.468 e. The molecule has 6 nitrogen and oxygen atoms in total. The van der Waals surface area contributed by atoms with Gasteiger partial charge in [0.15, 0.2) is 5.82 Å². The van der Waals surface area contributed by atoms with Crippen molar-refractivity contribution in [3.8, 4) is 0 Å². The molecule has 102 valence electrons. The summed E-state index contributed by atoms with van der Waals surface area (Å²) < 4.78 is 6.45. The van der Waals surface area contributed by atoms with Gasteiger partial charge in [-0.3, -0.25) is 4.79 Å². The first-order valence-corrected chi connectivity index (χ1v) is 6.15. The van der Waals surface area contributed by atoms with E-state index in [9.17, 15) is 4.79 Å². The molecule has 0 aliphatic heterocycles. The number of nitrogens with zero attached hydrogens (tertiary/aromatic N) is 4. The number of hydrogen-bond donors (Lipinski definition) is 0. The van der Waals surface area contributed by atoms with Crippen molar-refractivity contribution in [3.05, 3.63) is 24.2 Å². The summed E-state index contributed by atoms with van der Waals surface area (Å²) in [4.78, 5) is 17.4. The lowest BCUT2D eigenvalue weighted by Crippen LogP contribution is -2.27. The Balaban J connectivity index is 2.39. The van der Waals surface area contributed by atoms with Gasteiger partial charge in [-0.05, 0) is 12.0 Å². The number of rotatable bonds is 4. The average molecular weight is 262 g/mol. The maximum Gasteiger partial charge on any atom is 0.325 e. The molecular formula is C13H18N4O2. The van der Waals surface area contributed by atoms with Crippen molar-refractivity contribution in [3.63, 3.8) is 0 Å². The van der Waals surface area contributed by atoms with Crippen molar-refractivity contribution in [1.82, 2.24) is 14.6 Å². The Bertz CT molecular complexity index is 591. The van der Waals surface area contributed by atoms with Crippen molar-refractivity contribution in [2.75, 3.05) is 25.6 Å². The Labute approximate surface area is 112 Å². The van der Waals surface area contributed by atoms with Crippen LogP contribution in [0.15, 0.2) is 18.5 Å². The molecule has 0 aromatic carbocycles. The summed E-state index contributed by atoms with van der Waals surface area (Å²) in [6.07, 6.45) is 3.48. The van der Waals surface area contributed by atoms with Crippen LogP contribution in [-0.4, -0.2) is 41.3 Å². The predicted molar refractivity (Wildman–Crippen MR) is 72.4 cm³/mol. The first kappa shape index (κ1) is 13.3. The van der Waals surface area contributed by atoms with Crippen LogP contribution in [0, 0.1) is 0 Å². The van der Waals surface area contributed by atoms with E-state index in [1.54, 1.807) is 28.9 Å². The number of hydrogen-bond acceptors (Lipinski definition) is 5. The summed E-state index contributed by atoms with van der Waals surface area (Å²) in [6, 6.07) is 2.00. The van der Waals surface area contributed by atoms with Gasteiger partial charge in [0.05, 0.1) is 12.8 Å². The molecule has 0 atom stereocenters. The highest BCUT2D eigenvalue weighted by atomic mass is 16.5. The Morgan fingerprint density at radius 3 is 2.89 bits per heavy atom. The molecule has 0 fully saturated rings. The molecule has 2 aromatic rings. The minimum absolute atomic E-state index is 0.158. The highest BCUT2D eigenvalue weighted by molar-refractivity contribution is 5.78. The fraction of sp³-hybridized carbons (Fsp3) is 0.462. The van der Waals surface area contributed by atoms with E-state index in [4.69, 9.17) is 0 Å². The normalized spacial score (nSPS) is 11.0. The number of anilines is 1. The van der Waals surface area contributed by atoms with E-state index >= 15 is 0 Å². The molecule has 0 saturated heterocycles. The van der Waals surface area contributed by atoms with Gasteiger partial charge < -0.3 is 9.64 Å². The molecule has 0 spiro atoms. The molecule has 6 heteroatoms. The number of esters is 1. The zero-order valence-corrected chi connectivity index (χ0v) is 11.6. The first-order chi connectivity index (χ1) is 9.02. The third-order valence-corrected chi connectivity index (χ3v) is 2.94. The molecule has 2 aromatic heterocycles. The van der Waals surface area contributed by atoms with Gasteiger partial charge >= 0.3 is 5.97 Å². The van der Waals surface area contributed by atoms with Crippen LogP contribution in [0.3, 0.4) is 0 Å². The van der Waals surface area contributed by atoms with E-state index in [0.29, 0.717) is 11.7 Å². The van der Waals surface area contributed by atoms with Crippen LogP contribution in [0.2, 0.25) is 0 Å². The molecule has 0 amide bonds. The van der Waals surface area contributed by atoms with Gasteiger partial charge in [0.2, 0.25) is 0 Å². The highest BCUT2D eigenvalue weighted by Gasteiger charge is 2.14. The number of fused-ring (bicyclic) bond motifs is 1. The van der Waals surface area contributed by atoms with Crippen molar-refractivity contribution in [2.24, 2.45) is 0 Å². The van der Waals surface area contributed by atoms with Crippen LogP contribution >= 0.6 is 0 Å². The van der Waals surface area contributed by atoms with Crippen LogP contribution in [0.5, 0.6) is 0 Å². The van der Waals surface area contributed by atoms with E-state index in [-0.39, 0.29) is 12.5 Å². The van der Waals surface area contributed by atoms with E-state index in [2.05, 4.69) is 28.7 Å². The molecule has 0 radical (unpaired) electrons. The maximum atomic E-state index is 11.3. The van der Waals surface area contributed by atoms with Gasteiger partial charge in [0, 0.05) is 19.4 Å². The second-order valence-electron chi connectivity index (χ2n) is 4.74. The van der Waals surface area contributed by atoms with E-state index in [1.165, 1.54) is 7.11 Å². The lowest BCUT2D eigenvalue weighted by Gasteiger charge is -2.16. The molecule has 19 heavy (non-hydrogen) atoms. The number of likely N-dealkylation sites (N-methyl/N-ethyl adjacent to an activating group) is 1. The fourth-order valence-electron chi connectivity index (χ4n) is 1.84. The van der Waals surface area contributed by atoms with Crippen LogP contribution in [0.4, 0.5) is 5.82 Å². The number of ether oxygens (including phenoxy) is 1. The van der Waals surface area contributed by atoms with Crippen molar-refractivity contribution >= 4 is 17.3 Å². The number of carbonyl (C=O) groups is 1. The molecule has 2 rings (SSSR count). The average Bonchev–Trinajstić information content (AvgIpc) is 2.82. The van der Waals surface area contributed by atoms with Crippen LogP contribution < -0.4 is 4.90 Å². The monoisotopic (exact) mass is 262 g/mol. The SMILES string of the molecule is COC(=O)CN(C)c1nccn2nc(C(C)C)cc12. The molecule has 0 bridgehead atoms. The summed E-state index contributed by atoms with van der Waals surface area (Å²) >= 11 is 0. The quantitative estimate of drug-likeness (QED) is 0.781. The van der Waals surface area contributed by atoms with Gasteiger partial charge in [-0.2, -0.15) is 5.10 Å². The largest absolute Gasteiger partial charge is 0.468 e. The van der Waals surface area contributed by atoms with E-state index in [0.717, 1.165) is 11.2 Å². The summed E-state index contributed by atoms with van der Waals surface area (Å²) in [6.45, 7) is 4.34. The van der Waals surface area contributed by atoms with Crippen molar-refractivity contribution < 1.29 is 9.53 Å². The van der Waals surface area contributed by atoms with Gasteiger partial charge in [-0.15, -0.1) is 0 Å². The molecule has 0 aliphatic rings. The zero-order chi connectivity index (χ0) is 14.0. The zero-order valence-electron chi connectivity index (χ0n) is 11.6. The third kappa shape index (κ3) is 2.67. The standard InChI is InChI=1S/C13H18N4O2/c1-9(2)10-7-11-13(14-5-6-17(11)15-10)16(3)8-12(18)19-4/h5-7,9H,8H2,1-4H3. The Hall–Kier alpha value is -2.11. The van der Waals surface area contributed by atoms with Crippen molar-refractivity contribution in [2.45, 2.75) is 19.8 Å². The molecule has 0 aliphatic carbocycles. The fourth-order valence-corrected chi connectivity index (χ4v) is 1.84. The lowest BCUT2D eigenvalue weighted by atomic mass is 10.1. The molecule has 2 heterocycles. The second-order valence-corrected chi connectivity index (χ2v) is 4.74. The molecule has 0 unspecified atom stereocenters. The first-order valence-electron chi connectivity index (χ1n) is 6.15. The summed E-state index contributed by atoms with van der Waals surface area (Å²) in [5.74, 6) is 0.765. The maximum absolute atomic E-state index is 11.3. The second kappa shape index (κ2) is 5.26. The Morgan fingerprint density at radius 1 is 1.53 bits per heavy atom. The van der Waals surface area contributed by atoms with E-state index in [1.807, 2.05) is 6.07 Å². The Morgan fingerprint density at radius 2 is 2.26 bits per heavy atom. The third-order valence-electron chi connectivity index (χ3n) is 2.94. The molecule has 0 N–H and O–H groups in total. The van der Waals surface area contributed by atoms with Crippen LogP contribution in [-0.2, 0) is 9.53 Å². The molecular weight excluding hydrogens is 244 g/mol. The molecule has 0 saturated carbocycles. The summed E-state index contributed by atoms with van der Waals surface area (Å²) in [7, 11) is 3.18. The van der Waals surface area contributed by atoms with Crippen molar-refractivity contribution in [1.29, 1.82) is 0 Å². The minimum atomic E-state index is -0.296. The smallest absolute Gasteiger partial charge is 0.325 e. The van der Waals surface area contributed by atoms with Crippen LogP contribution in [0.1, 0.15) is 25.5 Å². The summed E-state index contributed by atoms with van der Waals surface area (Å²) in [5.41, 5.74) is 1.89. The lowest BCUT2D eigenvalue weighted by molar-refractivity contribution is -0.138. The summed E-state index contributed by atoms with van der Waals surface area (Å²) in [5, 5.41) is 4.49. The number of carbonyl (C=O) groups excluding carboxylic acids is 1. The van der Waals surface area contributed by atoms with Gasteiger partial charge in [0.25, 0.3) is 0 Å². The number of aromatic nitrogens is 3.